The van der Waals surface area contributed by atoms with E-state index in [1.54, 1.807) is 23.9 Å². The zero-order valence-electron chi connectivity index (χ0n) is 23.5. The third-order valence-electron chi connectivity index (χ3n) is 5.70. The van der Waals surface area contributed by atoms with Gasteiger partial charge in [-0.05, 0) is 101 Å². The first-order valence-corrected chi connectivity index (χ1v) is 14.9. The fraction of sp³-hybridized carbons (Fsp3) is 0.294. The van der Waals surface area contributed by atoms with Crippen molar-refractivity contribution in [2.24, 2.45) is 5.92 Å². The average Bonchev–Trinajstić information content (AvgIpc) is 2.85. The lowest BCUT2D eigenvalue weighted by molar-refractivity contribution is 0.475. The van der Waals surface area contributed by atoms with Gasteiger partial charge in [-0.25, -0.2) is 0 Å². The van der Waals surface area contributed by atoms with Crippen molar-refractivity contribution in [1.82, 2.24) is 0 Å². The minimum absolute atomic E-state index is 0.138. The molecule has 2 nitrogen and oxygen atoms in total. The van der Waals surface area contributed by atoms with E-state index < -0.39 is 0 Å². The molecular formula is C34H39BrO2S. The van der Waals surface area contributed by atoms with Crippen molar-refractivity contribution in [2.45, 2.75) is 69.0 Å². The van der Waals surface area contributed by atoms with Crippen LogP contribution in [0.5, 0.6) is 17.2 Å². The van der Waals surface area contributed by atoms with Crippen LogP contribution in [0.25, 0.3) is 11.1 Å². The summed E-state index contributed by atoms with van der Waals surface area (Å²) in [5.74, 6) is 2.76. The van der Waals surface area contributed by atoms with Gasteiger partial charge in [0.05, 0.1) is 0 Å². The number of ether oxygens (including phenoxy) is 1. The molecule has 0 saturated heterocycles. The quantitative estimate of drug-likeness (QED) is 0.226. The number of aromatic hydroxyl groups is 1. The van der Waals surface area contributed by atoms with Crippen molar-refractivity contribution in [3.8, 4) is 28.4 Å². The van der Waals surface area contributed by atoms with E-state index >= 15 is 0 Å². The second-order valence-corrected chi connectivity index (χ2v) is 12.8. The van der Waals surface area contributed by atoms with E-state index in [1.807, 2.05) is 24.3 Å². The summed E-state index contributed by atoms with van der Waals surface area (Å²) in [7, 11) is 0. The molecular weight excluding hydrogens is 552 g/mol. The summed E-state index contributed by atoms with van der Waals surface area (Å²) in [5.41, 5.74) is 6.35. The third kappa shape index (κ3) is 8.68. The fourth-order valence-corrected chi connectivity index (χ4v) is 5.26. The highest BCUT2D eigenvalue weighted by atomic mass is 79.9. The van der Waals surface area contributed by atoms with Crippen molar-refractivity contribution in [1.29, 1.82) is 0 Å². The number of phenols is 1. The van der Waals surface area contributed by atoms with Gasteiger partial charge in [0.15, 0.2) is 0 Å². The number of phenolic OH excluding ortho intramolecular Hbond substituents is 1. The predicted octanol–water partition coefficient (Wildman–Crippen LogP) is 11.2. The van der Waals surface area contributed by atoms with Crippen molar-refractivity contribution < 1.29 is 9.84 Å². The molecule has 0 amide bonds. The van der Waals surface area contributed by atoms with Crippen molar-refractivity contribution in [3.63, 3.8) is 0 Å². The molecule has 4 aromatic rings. The number of rotatable bonds is 6. The molecule has 0 unspecified atom stereocenters. The minimum Gasteiger partial charge on any atom is -0.508 e. The molecule has 0 aliphatic heterocycles. The Balaban J connectivity index is 0.000000934. The molecule has 4 heteroatoms. The number of alkyl halides is 1. The number of hydrogen-bond donors (Lipinski definition) is 1. The van der Waals surface area contributed by atoms with Crippen molar-refractivity contribution >= 4 is 27.7 Å². The summed E-state index contributed by atoms with van der Waals surface area (Å²) >= 11 is 5.28. The maximum absolute atomic E-state index is 9.45. The maximum atomic E-state index is 9.45. The molecule has 0 heterocycles. The van der Waals surface area contributed by atoms with E-state index in [4.69, 9.17) is 4.74 Å². The molecule has 4 aromatic carbocycles. The van der Waals surface area contributed by atoms with E-state index in [1.165, 1.54) is 22.3 Å². The minimum atomic E-state index is 0.138. The fourth-order valence-electron chi connectivity index (χ4n) is 4.00. The Hall–Kier alpha value is -2.69. The van der Waals surface area contributed by atoms with E-state index in [0.717, 1.165) is 32.8 Å². The molecule has 200 valence electrons. The zero-order valence-corrected chi connectivity index (χ0v) is 25.9. The van der Waals surface area contributed by atoms with Crippen molar-refractivity contribution in [3.05, 3.63) is 102 Å². The number of benzene rings is 4. The van der Waals surface area contributed by atoms with Crippen LogP contribution in [-0.2, 0) is 10.7 Å². The maximum Gasteiger partial charge on any atom is 0.131 e. The van der Waals surface area contributed by atoms with Gasteiger partial charge in [0, 0.05) is 20.7 Å². The van der Waals surface area contributed by atoms with Gasteiger partial charge in [0.2, 0.25) is 0 Å². The first kappa shape index (κ1) is 29.9. The van der Waals surface area contributed by atoms with Crippen LogP contribution in [0.4, 0.5) is 0 Å². The van der Waals surface area contributed by atoms with Crippen LogP contribution < -0.4 is 4.74 Å². The molecule has 0 aromatic heterocycles. The lowest BCUT2D eigenvalue weighted by Gasteiger charge is -2.22. The molecule has 0 spiro atoms. The second-order valence-electron chi connectivity index (χ2n) is 11.1. The van der Waals surface area contributed by atoms with Gasteiger partial charge in [-0.3, -0.25) is 0 Å². The molecule has 4 rings (SSSR count). The Morgan fingerprint density at radius 1 is 0.789 bits per heavy atom. The molecule has 1 N–H and O–H groups in total. The van der Waals surface area contributed by atoms with Gasteiger partial charge >= 0.3 is 0 Å². The van der Waals surface area contributed by atoms with E-state index in [-0.39, 0.29) is 11.2 Å². The molecule has 0 aliphatic rings. The van der Waals surface area contributed by atoms with Crippen LogP contribution in [0.15, 0.2) is 94.7 Å². The molecule has 0 atom stereocenters. The van der Waals surface area contributed by atoms with Crippen LogP contribution in [0.2, 0.25) is 0 Å². The largest absolute Gasteiger partial charge is 0.508 e. The van der Waals surface area contributed by atoms with E-state index in [0.29, 0.717) is 5.33 Å². The van der Waals surface area contributed by atoms with Crippen LogP contribution in [0, 0.1) is 12.8 Å². The summed E-state index contributed by atoms with van der Waals surface area (Å²) < 4.78 is 6.23. The molecule has 0 fully saturated rings. The highest BCUT2D eigenvalue weighted by molar-refractivity contribution is 9.08. The Morgan fingerprint density at radius 3 is 1.84 bits per heavy atom. The standard InChI is InChI=1S/C30H29BrO2S.C4H10/c1-20-17-21(5-15-28(20)30(2,3)4)22-6-16-29(23(18-22)19-31)33-25-9-13-27(14-10-25)34-26-11-7-24(32)8-12-26;1-4(2)3/h5-18,32H,19H2,1-4H3;4H,1-3H3. The van der Waals surface area contributed by atoms with Gasteiger partial charge in [-0.15, -0.1) is 0 Å². The molecule has 38 heavy (non-hydrogen) atoms. The van der Waals surface area contributed by atoms with Gasteiger partial charge in [-0.1, -0.05) is 93.5 Å². The molecule has 0 aliphatic carbocycles. The lowest BCUT2D eigenvalue weighted by atomic mass is 9.83. The Labute approximate surface area is 241 Å². The smallest absolute Gasteiger partial charge is 0.131 e. The van der Waals surface area contributed by atoms with E-state index in [2.05, 4.69) is 113 Å². The van der Waals surface area contributed by atoms with Crippen LogP contribution in [-0.4, -0.2) is 5.11 Å². The summed E-state index contributed by atoms with van der Waals surface area (Å²) in [4.78, 5) is 2.19. The second kappa shape index (κ2) is 13.4. The molecule has 0 radical (unpaired) electrons. The Morgan fingerprint density at radius 2 is 1.32 bits per heavy atom. The van der Waals surface area contributed by atoms with Gasteiger partial charge in [0.1, 0.15) is 17.2 Å². The SMILES string of the molecule is CC(C)C.Cc1cc(-c2ccc(Oc3ccc(Sc4ccc(O)cc4)cc3)c(CBr)c2)ccc1C(C)(C)C. The first-order valence-electron chi connectivity index (χ1n) is 13.0. The van der Waals surface area contributed by atoms with Crippen LogP contribution in [0.1, 0.15) is 58.2 Å². The number of aryl methyl sites for hydroxylation is 1. The van der Waals surface area contributed by atoms with Crippen molar-refractivity contribution in [2.75, 3.05) is 0 Å². The summed E-state index contributed by atoms with van der Waals surface area (Å²) in [6, 6.07) is 28.4. The average molecular weight is 592 g/mol. The molecule has 0 bridgehead atoms. The summed E-state index contributed by atoms with van der Waals surface area (Å²) in [6.45, 7) is 15.4. The predicted molar refractivity (Wildman–Crippen MR) is 167 cm³/mol. The summed E-state index contributed by atoms with van der Waals surface area (Å²) in [6.07, 6.45) is 0. The van der Waals surface area contributed by atoms with Gasteiger partial charge < -0.3 is 9.84 Å². The Kier molecular flexibility index (Phi) is 10.5. The third-order valence-corrected chi connectivity index (χ3v) is 7.32. The highest BCUT2D eigenvalue weighted by Crippen LogP contribution is 2.35. The number of hydrogen-bond acceptors (Lipinski definition) is 3. The van der Waals surface area contributed by atoms with Crippen LogP contribution >= 0.6 is 27.7 Å². The zero-order chi connectivity index (χ0) is 27.9. The first-order chi connectivity index (χ1) is 18.0. The van der Waals surface area contributed by atoms with Gasteiger partial charge in [-0.2, -0.15) is 0 Å². The normalized spacial score (nSPS) is 11.2. The van der Waals surface area contributed by atoms with Crippen LogP contribution in [0.3, 0.4) is 0 Å². The monoisotopic (exact) mass is 590 g/mol. The highest BCUT2D eigenvalue weighted by Gasteiger charge is 2.17. The Bertz CT molecular complexity index is 1320. The summed E-state index contributed by atoms with van der Waals surface area (Å²) in [5, 5.41) is 10.2. The van der Waals surface area contributed by atoms with E-state index in [9.17, 15) is 5.11 Å². The topological polar surface area (TPSA) is 29.5 Å². The molecule has 0 saturated carbocycles. The van der Waals surface area contributed by atoms with Gasteiger partial charge in [0.25, 0.3) is 0 Å². The number of halogens is 1. The lowest BCUT2D eigenvalue weighted by Crippen LogP contribution is -2.12.